The number of benzene rings is 2. The lowest BCUT2D eigenvalue weighted by atomic mass is 10.1. The van der Waals surface area contributed by atoms with Crippen molar-refractivity contribution in [2.75, 3.05) is 31.2 Å². The van der Waals surface area contributed by atoms with Crippen LogP contribution in [0.15, 0.2) is 48.7 Å². The van der Waals surface area contributed by atoms with Crippen LogP contribution in [-0.2, 0) is 11.3 Å². The summed E-state index contributed by atoms with van der Waals surface area (Å²) in [5, 5.41) is 11.9. The molecule has 3 aromatic rings. The Bertz CT molecular complexity index is 1020. The minimum Gasteiger partial charge on any atom is -0.378 e. The van der Waals surface area contributed by atoms with E-state index < -0.39 is 11.6 Å². The van der Waals surface area contributed by atoms with Gasteiger partial charge in [0.2, 0.25) is 0 Å². The Morgan fingerprint density at radius 3 is 2.48 bits per heavy atom. The molecule has 2 aromatic carbocycles. The fraction of sp³-hybridized carbons (Fsp3) is 0.364. The van der Waals surface area contributed by atoms with E-state index in [-0.39, 0.29) is 24.4 Å². The van der Waals surface area contributed by atoms with Crippen molar-refractivity contribution in [1.29, 1.82) is 0 Å². The van der Waals surface area contributed by atoms with E-state index in [4.69, 9.17) is 4.74 Å². The van der Waals surface area contributed by atoms with Crippen molar-refractivity contribution in [3.8, 4) is 5.69 Å². The molecule has 1 saturated carbocycles. The first-order valence-corrected chi connectivity index (χ1v) is 10.2. The molecule has 1 aliphatic heterocycles. The Labute approximate surface area is 185 Å². The first-order valence-electron chi connectivity index (χ1n) is 10.2. The van der Waals surface area contributed by atoms with Crippen LogP contribution in [0.5, 0.6) is 0 Å². The van der Waals surface area contributed by atoms with Crippen LogP contribution in [0.25, 0.3) is 5.69 Å². The summed E-state index contributed by atoms with van der Waals surface area (Å²) in [7, 11) is 0. The van der Waals surface area contributed by atoms with Gasteiger partial charge in [-0.3, -0.25) is 0 Å². The molecule has 2 atom stereocenters. The van der Waals surface area contributed by atoms with Gasteiger partial charge in [-0.2, -0.15) is 0 Å². The fourth-order valence-corrected chi connectivity index (χ4v) is 3.91. The molecule has 164 valence electrons. The zero-order valence-electron chi connectivity index (χ0n) is 16.9. The maximum absolute atomic E-state index is 13.4. The Kier molecular flexibility index (Phi) is 6.50. The molecule has 6 nitrogen and oxygen atoms in total. The summed E-state index contributed by atoms with van der Waals surface area (Å²) >= 11 is 0. The summed E-state index contributed by atoms with van der Waals surface area (Å²) in [4.78, 5) is 2.31. The topological polar surface area (TPSA) is 55.2 Å². The second kappa shape index (κ2) is 9.30. The molecule has 5 rings (SSSR count). The second-order valence-corrected chi connectivity index (χ2v) is 7.77. The van der Waals surface area contributed by atoms with Crippen LogP contribution in [0.3, 0.4) is 0 Å². The third kappa shape index (κ3) is 4.87. The summed E-state index contributed by atoms with van der Waals surface area (Å²) in [6.07, 6.45) is 2.81. The lowest BCUT2D eigenvalue weighted by Crippen LogP contribution is -2.36. The number of nitrogens with zero attached hydrogens (tertiary/aromatic N) is 4. The maximum Gasteiger partial charge on any atom is 0.159 e. The summed E-state index contributed by atoms with van der Waals surface area (Å²) in [6, 6.07) is 12.6. The number of ether oxygens (including phenoxy) is 1. The smallest absolute Gasteiger partial charge is 0.159 e. The minimum atomic E-state index is -0.807. The van der Waals surface area contributed by atoms with Gasteiger partial charge in [0.05, 0.1) is 30.8 Å². The molecule has 0 unspecified atom stereocenters. The second-order valence-electron chi connectivity index (χ2n) is 7.77. The van der Waals surface area contributed by atoms with Crippen LogP contribution in [-0.4, -0.2) is 47.3 Å². The molecule has 2 fully saturated rings. The van der Waals surface area contributed by atoms with Crippen LogP contribution < -0.4 is 10.2 Å². The van der Waals surface area contributed by atoms with Crippen LogP contribution in [0.4, 0.5) is 14.5 Å². The monoisotopic (exact) mass is 447 g/mol. The van der Waals surface area contributed by atoms with Crippen molar-refractivity contribution in [1.82, 2.24) is 20.3 Å². The summed E-state index contributed by atoms with van der Waals surface area (Å²) < 4.78 is 33.7. The molecule has 1 aromatic heterocycles. The molecule has 0 radical (unpaired) electrons. The van der Waals surface area contributed by atoms with Crippen molar-refractivity contribution >= 4 is 18.1 Å². The molecule has 1 aliphatic carbocycles. The van der Waals surface area contributed by atoms with Crippen molar-refractivity contribution < 1.29 is 13.5 Å². The number of hydrogen-bond donors (Lipinski definition) is 1. The zero-order valence-corrected chi connectivity index (χ0v) is 17.7. The predicted octanol–water partition coefficient (Wildman–Crippen LogP) is 3.45. The van der Waals surface area contributed by atoms with Crippen molar-refractivity contribution in [3.05, 3.63) is 71.6 Å². The highest BCUT2D eigenvalue weighted by atomic mass is 35.5. The average molecular weight is 448 g/mol. The van der Waals surface area contributed by atoms with Gasteiger partial charge in [0, 0.05) is 37.3 Å². The van der Waals surface area contributed by atoms with Gasteiger partial charge in [-0.1, -0.05) is 11.3 Å². The standard InChI is InChI=1S/C22H23F2N5O.ClH/c23-20-6-1-15(11-21(20)24)19-12-22(19)25-13-16-14-29(27-26-16)18-4-2-17(3-5-18)28-7-9-30-10-8-28;/h1-6,11,14,19,22,25H,7-10,12-13H2;1H/t19-,22+;/m0./s1. The number of hydrogen-bond acceptors (Lipinski definition) is 5. The van der Waals surface area contributed by atoms with Gasteiger partial charge >= 0.3 is 0 Å². The number of nitrogens with one attached hydrogen (secondary N) is 1. The van der Waals surface area contributed by atoms with E-state index in [1.165, 1.54) is 17.8 Å². The molecular formula is C22H24ClF2N5O. The average Bonchev–Trinajstić information content (AvgIpc) is 3.41. The molecule has 9 heteroatoms. The van der Waals surface area contributed by atoms with Gasteiger partial charge in [0.1, 0.15) is 0 Å². The van der Waals surface area contributed by atoms with E-state index in [9.17, 15) is 8.78 Å². The Morgan fingerprint density at radius 2 is 1.74 bits per heavy atom. The van der Waals surface area contributed by atoms with Crippen LogP contribution in [0, 0.1) is 11.6 Å². The van der Waals surface area contributed by atoms with Gasteiger partial charge in [-0.15, -0.1) is 17.5 Å². The van der Waals surface area contributed by atoms with Crippen molar-refractivity contribution in [2.24, 2.45) is 0 Å². The van der Waals surface area contributed by atoms with Gasteiger partial charge in [-0.25, -0.2) is 13.5 Å². The molecule has 31 heavy (non-hydrogen) atoms. The Hall–Kier alpha value is -2.55. The van der Waals surface area contributed by atoms with E-state index in [1.807, 2.05) is 18.3 Å². The zero-order chi connectivity index (χ0) is 20.5. The fourth-order valence-electron chi connectivity index (χ4n) is 3.91. The number of morpholine rings is 1. The predicted molar refractivity (Wildman–Crippen MR) is 116 cm³/mol. The minimum absolute atomic E-state index is 0. The Balaban J connectivity index is 0.00000231. The molecule has 0 spiro atoms. The molecule has 0 bridgehead atoms. The quantitative estimate of drug-likeness (QED) is 0.627. The number of anilines is 1. The SMILES string of the molecule is Cl.Fc1ccc([C@@H]2C[C@H]2NCc2cn(-c3ccc(N4CCOCC4)cc3)nn2)cc1F. The number of aromatic nitrogens is 3. The van der Waals surface area contributed by atoms with E-state index >= 15 is 0 Å². The van der Waals surface area contributed by atoms with E-state index in [0.29, 0.717) is 6.54 Å². The Morgan fingerprint density at radius 1 is 1.00 bits per heavy atom. The lowest BCUT2D eigenvalue weighted by Gasteiger charge is -2.28. The van der Waals surface area contributed by atoms with Crippen LogP contribution in [0.2, 0.25) is 0 Å². The first kappa shape index (κ1) is 21.7. The van der Waals surface area contributed by atoms with E-state index in [1.54, 1.807) is 10.7 Å². The van der Waals surface area contributed by atoms with Crippen LogP contribution in [0.1, 0.15) is 23.6 Å². The highest BCUT2D eigenvalue weighted by Crippen LogP contribution is 2.41. The van der Waals surface area contributed by atoms with Gasteiger partial charge < -0.3 is 15.0 Å². The molecule has 0 amide bonds. The molecule has 1 N–H and O–H groups in total. The third-order valence-corrected chi connectivity index (χ3v) is 5.74. The maximum atomic E-state index is 13.4. The van der Waals surface area contributed by atoms with Crippen LogP contribution >= 0.6 is 12.4 Å². The molecule has 1 saturated heterocycles. The summed E-state index contributed by atoms with van der Waals surface area (Å²) in [5.74, 6) is -1.39. The molecular weight excluding hydrogens is 424 g/mol. The number of rotatable bonds is 6. The molecule has 2 heterocycles. The van der Waals surface area contributed by atoms with Crippen molar-refractivity contribution in [3.63, 3.8) is 0 Å². The van der Waals surface area contributed by atoms with E-state index in [2.05, 4.69) is 32.7 Å². The highest BCUT2D eigenvalue weighted by molar-refractivity contribution is 5.85. The van der Waals surface area contributed by atoms with Crippen molar-refractivity contribution in [2.45, 2.75) is 24.9 Å². The van der Waals surface area contributed by atoms with Gasteiger partial charge in [0.25, 0.3) is 0 Å². The largest absolute Gasteiger partial charge is 0.378 e. The van der Waals surface area contributed by atoms with Gasteiger partial charge in [-0.05, 0) is 48.4 Å². The third-order valence-electron chi connectivity index (χ3n) is 5.74. The highest BCUT2D eigenvalue weighted by Gasteiger charge is 2.38. The lowest BCUT2D eigenvalue weighted by molar-refractivity contribution is 0.122. The first-order chi connectivity index (χ1) is 14.7. The summed E-state index contributed by atoms with van der Waals surface area (Å²) in [5.41, 5.74) is 3.80. The number of halogens is 3. The molecule has 2 aliphatic rings. The summed E-state index contributed by atoms with van der Waals surface area (Å²) in [6.45, 7) is 3.92. The van der Waals surface area contributed by atoms with Gasteiger partial charge in [0.15, 0.2) is 11.6 Å². The normalized spacial score (nSPS) is 20.4. The van der Waals surface area contributed by atoms with E-state index in [0.717, 1.165) is 49.7 Å².